The van der Waals surface area contributed by atoms with Gasteiger partial charge in [-0.05, 0) is 40.3 Å². The summed E-state index contributed by atoms with van der Waals surface area (Å²) in [6, 6.07) is 5.74. The lowest BCUT2D eigenvalue weighted by atomic mass is 10.2. The molecule has 4 N–H and O–H groups in total. The van der Waals surface area contributed by atoms with Crippen molar-refractivity contribution in [2.75, 3.05) is 5.73 Å². The molecular formula is C7H9IN2. The first kappa shape index (κ1) is 7.81. The van der Waals surface area contributed by atoms with E-state index in [0.717, 1.165) is 14.8 Å². The van der Waals surface area contributed by atoms with Gasteiger partial charge in [-0.3, -0.25) is 0 Å². The molecule has 0 radical (unpaired) electrons. The molecule has 0 aromatic heterocycles. The Morgan fingerprint density at radius 1 is 1.40 bits per heavy atom. The lowest BCUT2D eigenvalue weighted by Crippen LogP contribution is -1.99. The van der Waals surface area contributed by atoms with Crippen LogP contribution >= 0.6 is 22.6 Å². The summed E-state index contributed by atoms with van der Waals surface area (Å²) >= 11 is 2.23. The molecule has 1 rings (SSSR count). The number of anilines is 1. The molecular weight excluding hydrogens is 239 g/mol. The zero-order valence-corrected chi connectivity index (χ0v) is 7.63. The number of nitrogen functional groups attached to an aromatic ring is 1. The van der Waals surface area contributed by atoms with Crippen LogP contribution in [-0.2, 0) is 6.54 Å². The van der Waals surface area contributed by atoms with Crippen LogP contribution < -0.4 is 11.5 Å². The minimum atomic E-state index is 0.582. The molecule has 1 aromatic carbocycles. The van der Waals surface area contributed by atoms with Crippen LogP contribution in [0.1, 0.15) is 5.56 Å². The molecule has 0 aliphatic heterocycles. The summed E-state index contributed by atoms with van der Waals surface area (Å²) < 4.78 is 1.14. The quantitative estimate of drug-likeness (QED) is 0.582. The highest BCUT2D eigenvalue weighted by Crippen LogP contribution is 2.14. The van der Waals surface area contributed by atoms with Crippen LogP contribution in [0.25, 0.3) is 0 Å². The number of rotatable bonds is 1. The van der Waals surface area contributed by atoms with Crippen LogP contribution in [0.2, 0.25) is 0 Å². The van der Waals surface area contributed by atoms with Crippen molar-refractivity contribution in [3.05, 3.63) is 27.3 Å². The van der Waals surface area contributed by atoms with E-state index in [9.17, 15) is 0 Å². The van der Waals surface area contributed by atoms with Crippen LogP contribution in [0.15, 0.2) is 18.2 Å². The SMILES string of the molecule is NCc1ccc(N)cc1I. The van der Waals surface area contributed by atoms with Crippen molar-refractivity contribution in [2.24, 2.45) is 5.73 Å². The fraction of sp³-hybridized carbons (Fsp3) is 0.143. The summed E-state index contributed by atoms with van der Waals surface area (Å²) in [5.74, 6) is 0. The van der Waals surface area contributed by atoms with Gasteiger partial charge in [0.1, 0.15) is 0 Å². The summed E-state index contributed by atoms with van der Waals surface area (Å²) in [6.07, 6.45) is 0. The predicted octanol–water partition coefficient (Wildman–Crippen LogP) is 1.33. The Morgan fingerprint density at radius 3 is 2.60 bits per heavy atom. The minimum Gasteiger partial charge on any atom is -0.399 e. The van der Waals surface area contributed by atoms with E-state index in [1.807, 2.05) is 18.2 Å². The van der Waals surface area contributed by atoms with Crippen LogP contribution in [0.3, 0.4) is 0 Å². The molecule has 1 aromatic rings. The predicted molar refractivity (Wildman–Crippen MR) is 51.5 cm³/mol. The van der Waals surface area contributed by atoms with E-state index in [1.54, 1.807) is 0 Å². The fourth-order valence-electron chi connectivity index (χ4n) is 0.729. The lowest BCUT2D eigenvalue weighted by Gasteiger charge is -2.00. The zero-order valence-electron chi connectivity index (χ0n) is 5.47. The van der Waals surface area contributed by atoms with Gasteiger partial charge in [0.15, 0.2) is 0 Å². The van der Waals surface area contributed by atoms with Crippen LogP contribution in [0, 0.1) is 3.57 Å². The number of hydrogen-bond acceptors (Lipinski definition) is 2. The van der Waals surface area contributed by atoms with Crippen molar-refractivity contribution in [2.45, 2.75) is 6.54 Å². The number of halogens is 1. The number of nitrogens with two attached hydrogens (primary N) is 2. The molecule has 10 heavy (non-hydrogen) atoms. The van der Waals surface area contributed by atoms with Crippen LogP contribution in [-0.4, -0.2) is 0 Å². The van der Waals surface area contributed by atoms with Crippen molar-refractivity contribution in [1.29, 1.82) is 0 Å². The highest BCUT2D eigenvalue weighted by molar-refractivity contribution is 14.1. The van der Waals surface area contributed by atoms with E-state index in [0.29, 0.717) is 6.54 Å². The number of hydrogen-bond donors (Lipinski definition) is 2. The fourth-order valence-corrected chi connectivity index (χ4v) is 1.49. The van der Waals surface area contributed by atoms with Gasteiger partial charge in [-0.15, -0.1) is 0 Å². The Kier molecular flexibility index (Phi) is 2.50. The summed E-state index contributed by atoms with van der Waals surface area (Å²) in [5, 5.41) is 0. The van der Waals surface area contributed by atoms with Gasteiger partial charge < -0.3 is 11.5 Å². The van der Waals surface area contributed by atoms with Crippen molar-refractivity contribution in [3.63, 3.8) is 0 Å². The lowest BCUT2D eigenvalue weighted by molar-refractivity contribution is 1.06. The molecule has 0 heterocycles. The van der Waals surface area contributed by atoms with Crippen LogP contribution in [0.4, 0.5) is 5.69 Å². The molecule has 0 bridgehead atoms. The average Bonchev–Trinajstić information content (AvgIpc) is 1.88. The minimum absolute atomic E-state index is 0.582. The molecule has 0 aliphatic carbocycles. The van der Waals surface area contributed by atoms with E-state index in [2.05, 4.69) is 22.6 Å². The maximum absolute atomic E-state index is 5.54. The van der Waals surface area contributed by atoms with Gasteiger partial charge >= 0.3 is 0 Å². The van der Waals surface area contributed by atoms with Gasteiger partial charge in [0.25, 0.3) is 0 Å². The molecule has 0 saturated carbocycles. The van der Waals surface area contributed by atoms with E-state index >= 15 is 0 Å². The second kappa shape index (κ2) is 3.21. The highest BCUT2D eigenvalue weighted by Gasteiger charge is 1.95. The van der Waals surface area contributed by atoms with Crippen molar-refractivity contribution >= 4 is 28.3 Å². The van der Waals surface area contributed by atoms with Crippen LogP contribution in [0.5, 0.6) is 0 Å². The monoisotopic (exact) mass is 248 g/mol. The Bertz CT molecular complexity index is 235. The smallest absolute Gasteiger partial charge is 0.0324 e. The molecule has 0 unspecified atom stereocenters. The first-order valence-corrected chi connectivity index (χ1v) is 4.06. The second-order valence-corrected chi connectivity index (χ2v) is 3.22. The molecule has 0 fully saturated rings. The van der Waals surface area contributed by atoms with Crippen molar-refractivity contribution < 1.29 is 0 Å². The Hall–Kier alpha value is -0.290. The summed E-state index contributed by atoms with van der Waals surface area (Å²) in [5.41, 5.74) is 12.9. The largest absolute Gasteiger partial charge is 0.399 e. The van der Waals surface area contributed by atoms with Crippen molar-refractivity contribution in [3.8, 4) is 0 Å². The van der Waals surface area contributed by atoms with Gasteiger partial charge in [-0.25, -0.2) is 0 Å². The standard InChI is InChI=1S/C7H9IN2/c8-7-3-6(10)2-1-5(7)4-9/h1-3H,4,9-10H2. The van der Waals surface area contributed by atoms with E-state index in [4.69, 9.17) is 11.5 Å². The average molecular weight is 248 g/mol. The molecule has 0 saturated heterocycles. The second-order valence-electron chi connectivity index (χ2n) is 2.05. The van der Waals surface area contributed by atoms with E-state index in [-0.39, 0.29) is 0 Å². The molecule has 54 valence electrons. The summed E-state index contributed by atoms with van der Waals surface area (Å²) in [4.78, 5) is 0. The first-order valence-electron chi connectivity index (χ1n) is 2.98. The van der Waals surface area contributed by atoms with Gasteiger partial charge in [-0.1, -0.05) is 6.07 Å². The molecule has 2 nitrogen and oxygen atoms in total. The number of benzene rings is 1. The first-order chi connectivity index (χ1) is 4.74. The summed E-state index contributed by atoms with van der Waals surface area (Å²) in [7, 11) is 0. The molecule has 0 spiro atoms. The Balaban J connectivity index is 3.07. The van der Waals surface area contributed by atoms with Gasteiger partial charge in [0.2, 0.25) is 0 Å². The highest BCUT2D eigenvalue weighted by atomic mass is 127. The maximum Gasteiger partial charge on any atom is 0.0324 e. The third-order valence-electron chi connectivity index (χ3n) is 1.30. The van der Waals surface area contributed by atoms with E-state index < -0.39 is 0 Å². The van der Waals surface area contributed by atoms with Gasteiger partial charge in [0, 0.05) is 15.8 Å². The molecule has 0 atom stereocenters. The Labute approximate surface area is 73.7 Å². The third kappa shape index (κ3) is 1.60. The molecule has 3 heteroatoms. The van der Waals surface area contributed by atoms with E-state index in [1.165, 1.54) is 0 Å². The maximum atomic E-state index is 5.54. The topological polar surface area (TPSA) is 52.0 Å². The Morgan fingerprint density at radius 2 is 2.10 bits per heavy atom. The van der Waals surface area contributed by atoms with Gasteiger partial charge in [-0.2, -0.15) is 0 Å². The normalized spacial score (nSPS) is 9.80. The van der Waals surface area contributed by atoms with Gasteiger partial charge in [0.05, 0.1) is 0 Å². The third-order valence-corrected chi connectivity index (χ3v) is 2.30. The zero-order chi connectivity index (χ0) is 7.56. The molecule has 0 amide bonds. The summed E-state index contributed by atoms with van der Waals surface area (Å²) in [6.45, 7) is 0.582. The van der Waals surface area contributed by atoms with Crippen molar-refractivity contribution in [1.82, 2.24) is 0 Å². The molecule has 0 aliphatic rings.